The predicted molar refractivity (Wildman–Crippen MR) is 120 cm³/mol. The van der Waals surface area contributed by atoms with Gasteiger partial charge in [0, 0.05) is 24.5 Å². The van der Waals surface area contributed by atoms with E-state index in [1.165, 1.54) is 13.8 Å². The highest BCUT2D eigenvalue weighted by molar-refractivity contribution is 6.08. The maximum atomic E-state index is 12.7. The van der Waals surface area contributed by atoms with Gasteiger partial charge in [0.25, 0.3) is 5.91 Å². The van der Waals surface area contributed by atoms with Crippen LogP contribution in [-0.4, -0.2) is 67.0 Å². The van der Waals surface area contributed by atoms with Crippen LogP contribution in [0.5, 0.6) is 0 Å². The number of carbonyl (C=O) groups is 4. The third kappa shape index (κ3) is 4.88. The Kier molecular flexibility index (Phi) is 6.97. The van der Waals surface area contributed by atoms with Gasteiger partial charge in [-0.15, -0.1) is 0 Å². The van der Waals surface area contributed by atoms with Crippen molar-refractivity contribution in [1.82, 2.24) is 4.90 Å². The molecular weight excluding hydrogens is 426 g/mol. The Labute approximate surface area is 193 Å². The number of hydrogen-bond donors (Lipinski definition) is 1. The van der Waals surface area contributed by atoms with Crippen molar-refractivity contribution in [2.24, 2.45) is 11.8 Å². The van der Waals surface area contributed by atoms with Crippen molar-refractivity contribution in [3.8, 4) is 0 Å². The van der Waals surface area contributed by atoms with Gasteiger partial charge in [-0.25, -0.2) is 4.79 Å². The normalized spacial score (nSPS) is 24.8. The summed E-state index contributed by atoms with van der Waals surface area (Å²) in [6.07, 6.45) is 2.11. The molecule has 2 heterocycles. The molecule has 1 aromatic rings. The van der Waals surface area contributed by atoms with Gasteiger partial charge < -0.3 is 19.7 Å². The number of fused-ring (bicyclic) bond motifs is 1. The first-order valence-corrected chi connectivity index (χ1v) is 11.7. The van der Waals surface area contributed by atoms with Crippen LogP contribution in [0.1, 0.15) is 39.5 Å². The molecule has 0 bridgehead atoms. The van der Waals surface area contributed by atoms with E-state index in [0.717, 1.165) is 36.5 Å². The molecule has 2 aliphatic heterocycles. The van der Waals surface area contributed by atoms with Crippen molar-refractivity contribution in [3.63, 3.8) is 0 Å². The summed E-state index contributed by atoms with van der Waals surface area (Å²) in [4.78, 5) is 53.9. The van der Waals surface area contributed by atoms with Crippen LogP contribution in [0, 0.1) is 11.8 Å². The zero-order valence-corrected chi connectivity index (χ0v) is 19.1. The molecule has 0 spiro atoms. The molecule has 1 N–H and O–H groups in total. The van der Waals surface area contributed by atoms with Crippen LogP contribution >= 0.6 is 0 Å². The van der Waals surface area contributed by atoms with E-state index in [2.05, 4.69) is 10.2 Å². The minimum absolute atomic E-state index is 0.299. The number of amides is 3. The Morgan fingerprint density at radius 2 is 1.58 bits per heavy atom. The molecule has 0 radical (unpaired) electrons. The molecule has 3 aliphatic rings. The Balaban J connectivity index is 1.31. The second kappa shape index (κ2) is 9.91. The summed E-state index contributed by atoms with van der Waals surface area (Å²) < 4.78 is 10.7. The molecular formula is C24H31N3O6. The van der Waals surface area contributed by atoms with Crippen LogP contribution in [0.25, 0.3) is 0 Å². The van der Waals surface area contributed by atoms with Crippen molar-refractivity contribution >= 4 is 35.1 Å². The van der Waals surface area contributed by atoms with Crippen LogP contribution in [0.2, 0.25) is 0 Å². The molecule has 4 unspecified atom stereocenters. The quantitative estimate of drug-likeness (QED) is 0.514. The summed E-state index contributed by atoms with van der Waals surface area (Å²) in [5, 5.41) is 2.74. The number of anilines is 2. The fourth-order valence-electron chi connectivity index (χ4n) is 4.82. The summed E-state index contributed by atoms with van der Waals surface area (Å²) in [6, 6.07) is 6.37. The zero-order chi connectivity index (χ0) is 23.5. The minimum atomic E-state index is -1.08. The first-order chi connectivity index (χ1) is 15.9. The van der Waals surface area contributed by atoms with E-state index in [0.29, 0.717) is 31.7 Å². The number of esters is 1. The van der Waals surface area contributed by atoms with Crippen LogP contribution in [0.4, 0.5) is 11.4 Å². The third-order valence-electron chi connectivity index (χ3n) is 6.78. The Morgan fingerprint density at radius 1 is 1.00 bits per heavy atom. The summed E-state index contributed by atoms with van der Waals surface area (Å²) in [6.45, 7) is 5.96. The molecule has 1 saturated carbocycles. The fraction of sp³-hybridized carbons (Fsp3) is 0.583. The zero-order valence-electron chi connectivity index (χ0n) is 19.1. The van der Waals surface area contributed by atoms with Gasteiger partial charge in [0.2, 0.25) is 11.8 Å². The molecule has 0 aromatic heterocycles. The van der Waals surface area contributed by atoms with Crippen molar-refractivity contribution in [2.45, 2.75) is 51.7 Å². The number of likely N-dealkylation sites (tertiary alicyclic amines) is 1. The highest BCUT2D eigenvalue weighted by Crippen LogP contribution is 2.39. The molecule has 4 rings (SSSR count). The minimum Gasteiger partial charge on any atom is -0.451 e. The largest absolute Gasteiger partial charge is 0.451 e. The van der Waals surface area contributed by atoms with E-state index in [9.17, 15) is 19.2 Å². The van der Waals surface area contributed by atoms with Gasteiger partial charge in [-0.2, -0.15) is 0 Å². The van der Waals surface area contributed by atoms with Crippen LogP contribution < -0.4 is 10.2 Å². The van der Waals surface area contributed by atoms with Crippen molar-refractivity contribution < 1.29 is 28.7 Å². The molecule has 33 heavy (non-hydrogen) atoms. The Bertz CT molecular complexity index is 887. The van der Waals surface area contributed by atoms with E-state index in [4.69, 9.17) is 9.47 Å². The lowest BCUT2D eigenvalue weighted by Gasteiger charge is -2.29. The fourth-order valence-corrected chi connectivity index (χ4v) is 4.82. The average Bonchev–Trinajstić information content (AvgIpc) is 3.09. The summed E-state index contributed by atoms with van der Waals surface area (Å²) in [5.74, 6) is -2.51. The van der Waals surface area contributed by atoms with E-state index in [-0.39, 0.29) is 23.7 Å². The summed E-state index contributed by atoms with van der Waals surface area (Å²) >= 11 is 0. The monoisotopic (exact) mass is 457 g/mol. The molecule has 2 saturated heterocycles. The van der Waals surface area contributed by atoms with E-state index >= 15 is 0 Å². The number of imide groups is 1. The van der Waals surface area contributed by atoms with Gasteiger partial charge in [0.1, 0.15) is 6.04 Å². The average molecular weight is 458 g/mol. The molecule has 3 fully saturated rings. The molecule has 4 atom stereocenters. The number of hydrogen-bond acceptors (Lipinski definition) is 7. The molecule has 178 valence electrons. The molecule has 9 heteroatoms. The number of ether oxygens (including phenoxy) is 2. The van der Waals surface area contributed by atoms with E-state index < -0.39 is 24.0 Å². The Morgan fingerprint density at radius 3 is 2.15 bits per heavy atom. The SMILES string of the molecule is CC(OC(=O)C(C)N1C(=O)C2CCCCC2C1=O)C(=O)Nc1ccc(N2CCOCC2)cc1. The Hall–Kier alpha value is -2.94. The third-order valence-corrected chi connectivity index (χ3v) is 6.78. The molecule has 3 amide bonds. The van der Waals surface area contributed by atoms with Crippen molar-refractivity contribution in [3.05, 3.63) is 24.3 Å². The highest BCUT2D eigenvalue weighted by atomic mass is 16.5. The number of morpholine rings is 1. The lowest BCUT2D eigenvalue weighted by molar-refractivity contribution is -0.163. The summed E-state index contributed by atoms with van der Waals surface area (Å²) in [7, 11) is 0. The number of nitrogens with zero attached hydrogens (tertiary/aromatic N) is 2. The second-order valence-corrected chi connectivity index (χ2v) is 8.93. The van der Waals surface area contributed by atoms with Gasteiger partial charge >= 0.3 is 5.97 Å². The lowest BCUT2D eigenvalue weighted by atomic mass is 9.81. The maximum absolute atomic E-state index is 12.7. The van der Waals surface area contributed by atoms with Gasteiger partial charge in [0.15, 0.2) is 6.10 Å². The van der Waals surface area contributed by atoms with Crippen LogP contribution in [0.15, 0.2) is 24.3 Å². The number of benzene rings is 1. The van der Waals surface area contributed by atoms with Crippen LogP contribution in [0.3, 0.4) is 0 Å². The van der Waals surface area contributed by atoms with Crippen molar-refractivity contribution in [1.29, 1.82) is 0 Å². The second-order valence-electron chi connectivity index (χ2n) is 8.93. The number of carbonyl (C=O) groups excluding carboxylic acids is 4. The maximum Gasteiger partial charge on any atom is 0.329 e. The smallest absolute Gasteiger partial charge is 0.329 e. The lowest BCUT2D eigenvalue weighted by Crippen LogP contribution is -2.46. The highest BCUT2D eigenvalue weighted by Gasteiger charge is 2.51. The molecule has 1 aromatic carbocycles. The standard InChI is InChI=1S/C24H31N3O6/c1-15(27-22(29)19-5-3-4-6-20(19)23(27)30)24(31)33-16(2)21(28)25-17-7-9-18(10-8-17)26-11-13-32-14-12-26/h7-10,15-16,19-20H,3-6,11-14H2,1-2H3,(H,25,28). The predicted octanol–water partition coefficient (Wildman–Crippen LogP) is 1.96. The topological polar surface area (TPSA) is 105 Å². The summed E-state index contributed by atoms with van der Waals surface area (Å²) in [5.41, 5.74) is 1.63. The van der Waals surface area contributed by atoms with Gasteiger partial charge in [-0.1, -0.05) is 12.8 Å². The number of nitrogens with one attached hydrogen (secondary N) is 1. The van der Waals surface area contributed by atoms with Gasteiger partial charge in [0.05, 0.1) is 25.0 Å². The van der Waals surface area contributed by atoms with Gasteiger partial charge in [-0.05, 0) is 51.0 Å². The van der Waals surface area contributed by atoms with Gasteiger partial charge in [-0.3, -0.25) is 19.3 Å². The molecule has 9 nitrogen and oxygen atoms in total. The van der Waals surface area contributed by atoms with E-state index in [1.807, 2.05) is 12.1 Å². The number of rotatable bonds is 6. The van der Waals surface area contributed by atoms with Crippen molar-refractivity contribution in [2.75, 3.05) is 36.5 Å². The molecule has 1 aliphatic carbocycles. The first kappa shape index (κ1) is 23.2. The first-order valence-electron chi connectivity index (χ1n) is 11.7. The van der Waals surface area contributed by atoms with Crippen LogP contribution in [-0.2, 0) is 28.7 Å². The van der Waals surface area contributed by atoms with E-state index in [1.54, 1.807) is 12.1 Å².